The highest BCUT2D eigenvalue weighted by molar-refractivity contribution is 6.36. The van der Waals surface area contributed by atoms with Crippen molar-refractivity contribution >= 4 is 17.6 Å². The Morgan fingerprint density at radius 1 is 1.35 bits per heavy atom. The van der Waals surface area contributed by atoms with E-state index >= 15 is 0 Å². The van der Waals surface area contributed by atoms with E-state index in [1.54, 1.807) is 4.90 Å². The first-order valence-electron chi connectivity index (χ1n) is 6.94. The number of piperazine rings is 1. The predicted octanol–water partition coefficient (Wildman–Crippen LogP) is 0.0161. The molecule has 1 fully saturated rings. The normalized spacial score (nSPS) is 23.6. The van der Waals surface area contributed by atoms with Crippen LogP contribution in [0.1, 0.15) is 20.3 Å². The van der Waals surface area contributed by atoms with Gasteiger partial charge in [0.15, 0.2) is 5.71 Å². The summed E-state index contributed by atoms with van der Waals surface area (Å²) in [6, 6.07) is 0. The van der Waals surface area contributed by atoms with Crippen molar-refractivity contribution in [1.29, 1.82) is 0 Å². The lowest BCUT2D eigenvalue weighted by Crippen LogP contribution is -2.52. The molecule has 2 aliphatic heterocycles. The van der Waals surface area contributed by atoms with Gasteiger partial charge in [-0.1, -0.05) is 19.0 Å². The molecule has 20 heavy (non-hydrogen) atoms. The number of hydrogen-bond acceptors (Lipinski definition) is 5. The van der Waals surface area contributed by atoms with Gasteiger partial charge in [-0.15, -0.1) is 0 Å². The van der Waals surface area contributed by atoms with Gasteiger partial charge in [0.2, 0.25) is 6.10 Å². The van der Waals surface area contributed by atoms with E-state index < -0.39 is 12.1 Å². The van der Waals surface area contributed by atoms with Gasteiger partial charge in [-0.3, -0.25) is 9.69 Å². The molecule has 1 amide bonds. The van der Waals surface area contributed by atoms with Gasteiger partial charge < -0.3 is 14.8 Å². The van der Waals surface area contributed by atoms with E-state index in [-0.39, 0.29) is 18.0 Å². The second-order valence-electron chi connectivity index (χ2n) is 5.66. The summed E-state index contributed by atoms with van der Waals surface area (Å²) in [6.07, 6.45) is -0.710. The minimum atomic E-state index is -1.12. The Labute approximate surface area is 118 Å². The number of aliphatic carboxylic acids is 1. The van der Waals surface area contributed by atoms with Gasteiger partial charge in [-0.05, 0) is 5.92 Å². The van der Waals surface area contributed by atoms with Gasteiger partial charge >= 0.3 is 5.97 Å². The average molecular weight is 283 g/mol. The van der Waals surface area contributed by atoms with Gasteiger partial charge in [0.25, 0.3) is 5.91 Å². The largest absolute Gasteiger partial charge is 0.477 e. The number of carbonyl (C=O) groups is 2. The van der Waals surface area contributed by atoms with Gasteiger partial charge in [-0.2, -0.15) is 0 Å². The van der Waals surface area contributed by atoms with Gasteiger partial charge in [-0.25, -0.2) is 4.79 Å². The van der Waals surface area contributed by atoms with Crippen LogP contribution in [0.25, 0.3) is 0 Å². The maximum Gasteiger partial charge on any atom is 0.353 e. The summed E-state index contributed by atoms with van der Waals surface area (Å²) in [5, 5.41) is 12.2. The van der Waals surface area contributed by atoms with Crippen LogP contribution in [0, 0.1) is 5.92 Å². The maximum atomic E-state index is 12.2. The van der Waals surface area contributed by atoms with E-state index in [2.05, 4.69) is 23.9 Å². The van der Waals surface area contributed by atoms with Gasteiger partial charge in [0.05, 0.1) is 0 Å². The highest BCUT2D eigenvalue weighted by Gasteiger charge is 2.35. The van der Waals surface area contributed by atoms with Crippen molar-refractivity contribution in [1.82, 2.24) is 9.80 Å². The number of amides is 1. The summed E-state index contributed by atoms with van der Waals surface area (Å²) >= 11 is 0. The summed E-state index contributed by atoms with van der Waals surface area (Å²) in [5.41, 5.74) is -0.0817. The van der Waals surface area contributed by atoms with Crippen LogP contribution in [-0.4, -0.2) is 71.3 Å². The molecule has 0 bridgehead atoms. The Kier molecular flexibility index (Phi) is 4.59. The molecule has 112 valence electrons. The smallest absolute Gasteiger partial charge is 0.353 e. The van der Waals surface area contributed by atoms with E-state index in [4.69, 9.17) is 9.94 Å². The van der Waals surface area contributed by atoms with Crippen LogP contribution >= 0.6 is 0 Å². The summed E-state index contributed by atoms with van der Waals surface area (Å²) in [7, 11) is 0. The minimum Gasteiger partial charge on any atom is -0.477 e. The summed E-state index contributed by atoms with van der Waals surface area (Å²) in [6.45, 7) is 8.41. The fraction of sp³-hybridized carbons (Fsp3) is 0.769. The standard InChI is InChI=1S/C13H21N3O4/c1-9(2)8-15-3-5-16(6-4-15)12(17)11-7-10(13(18)19)14-20-11/h9,11H,3-8H2,1-2H3,(H,18,19). The van der Waals surface area contributed by atoms with Crippen molar-refractivity contribution in [2.75, 3.05) is 32.7 Å². The molecule has 0 aliphatic carbocycles. The number of carbonyl (C=O) groups excluding carboxylic acids is 1. The molecular formula is C13H21N3O4. The quantitative estimate of drug-likeness (QED) is 0.786. The van der Waals surface area contributed by atoms with Gasteiger partial charge in [0.1, 0.15) is 0 Å². The van der Waals surface area contributed by atoms with Gasteiger partial charge in [0, 0.05) is 39.1 Å². The molecule has 1 unspecified atom stereocenters. The third-order valence-electron chi connectivity index (χ3n) is 3.50. The fourth-order valence-corrected chi connectivity index (χ4v) is 2.51. The lowest BCUT2D eigenvalue weighted by molar-refractivity contribution is -0.143. The van der Waals surface area contributed by atoms with Crippen LogP contribution in [0.5, 0.6) is 0 Å². The number of carboxylic acids is 1. The second kappa shape index (κ2) is 6.21. The summed E-state index contributed by atoms with van der Waals surface area (Å²) in [4.78, 5) is 32.0. The molecule has 2 aliphatic rings. The zero-order valence-corrected chi connectivity index (χ0v) is 11.9. The van der Waals surface area contributed by atoms with Crippen LogP contribution in [0.4, 0.5) is 0 Å². The molecule has 0 spiro atoms. The second-order valence-corrected chi connectivity index (χ2v) is 5.66. The Bertz CT molecular complexity index is 414. The Balaban J connectivity index is 1.80. The van der Waals surface area contributed by atoms with Crippen LogP contribution in [0.3, 0.4) is 0 Å². The van der Waals surface area contributed by atoms with Crippen LogP contribution in [0.2, 0.25) is 0 Å². The van der Waals surface area contributed by atoms with Crippen molar-refractivity contribution in [2.24, 2.45) is 11.1 Å². The maximum absolute atomic E-state index is 12.2. The molecule has 0 aromatic carbocycles. The molecule has 7 heteroatoms. The summed E-state index contributed by atoms with van der Waals surface area (Å²) in [5.74, 6) is -0.668. The van der Waals surface area contributed by atoms with Crippen LogP contribution in [0.15, 0.2) is 5.16 Å². The van der Waals surface area contributed by atoms with E-state index in [1.165, 1.54) is 0 Å². The zero-order valence-electron chi connectivity index (χ0n) is 11.9. The molecule has 7 nitrogen and oxygen atoms in total. The number of nitrogens with zero attached hydrogens (tertiary/aromatic N) is 3. The number of rotatable bonds is 4. The zero-order chi connectivity index (χ0) is 14.7. The average Bonchev–Trinajstić information content (AvgIpc) is 2.88. The first kappa shape index (κ1) is 14.8. The molecule has 1 N–H and O–H groups in total. The highest BCUT2D eigenvalue weighted by atomic mass is 16.6. The van der Waals surface area contributed by atoms with Crippen molar-refractivity contribution in [3.63, 3.8) is 0 Å². The molecular weight excluding hydrogens is 262 g/mol. The number of oxime groups is 1. The monoisotopic (exact) mass is 283 g/mol. The Morgan fingerprint density at radius 2 is 2.00 bits per heavy atom. The number of hydrogen-bond donors (Lipinski definition) is 1. The van der Waals surface area contributed by atoms with Crippen molar-refractivity contribution in [3.8, 4) is 0 Å². The predicted molar refractivity (Wildman–Crippen MR) is 72.4 cm³/mol. The molecule has 2 heterocycles. The Hall–Kier alpha value is -1.63. The molecule has 0 aromatic heterocycles. The molecule has 0 radical (unpaired) electrons. The van der Waals surface area contributed by atoms with Crippen molar-refractivity contribution in [3.05, 3.63) is 0 Å². The molecule has 1 atom stereocenters. The third-order valence-corrected chi connectivity index (χ3v) is 3.50. The number of carboxylic acid groups (broad SMARTS) is 1. The van der Waals surface area contributed by atoms with Crippen molar-refractivity contribution in [2.45, 2.75) is 26.4 Å². The SMILES string of the molecule is CC(C)CN1CCN(C(=O)C2CC(C(=O)O)=NO2)CC1. The summed E-state index contributed by atoms with van der Waals surface area (Å²) < 4.78 is 0. The lowest BCUT2D eigenvalue weighted by atomic mass is 10.1. The first-order valence-corrected chi connectivity index (χ1v) is 6.94. The fourth-order valence-electron chi connectivity index (χ4n) is 2.51. The minimum absolute atomic E-state index is 0.0559. The molecule has 0 saturated carbocycles. The Morgan fingerprint density at radius 3 is 2.50 bits per heavy atom. The molecule has 1 saturated heterocycles. The van der Waals surface area contributed by atoms with E-state index in [1.807, 2.05) is 0 Å². The highest BCUT2D eigenvalue weighted by Crippen LogP contribution is 2.15. The van der Waals surface area contributed by atoms with Crippen molar-refractivity contribution < 1.29 is 19.5 Å². The van der Waals surface area contributed by atoms with E-state index in [9.17, 15) is 9.59 Å². The molecule has 0 aromatic rings. The molecule has 2 rings (SSSR count). The van der Waals surface area contributed by atoms with Crippen LogP contribution < -0.4 is 0 Å². The third kappa shape index (κ3) is 3.47. The first-order chi connectivity index (χ1) is 9.47. The van der Waals surface area contributed by atoms with E-state index in [0.29, 0.717) is 19.0 Å². The lowest BCUT2D eigenvalue weighted by Gasteiger charge is -2.36. The topological polar surface area (TPSA) is 82.4 Å². The van der Waals surface area contributed by atoms with Crippen LogP contribution in [-0.2, 0) is 14.4 Å². The van der Waals surface area contributed by atoms with E-state index in [0.717, 1.165) is 19.6 Å².